The molecule has 1 heterocycles. The molecule has 0 saturated heterocycles. The molecule has 0 aliphatic carbocycles. The molecule has 2 rings (SSSR count). The molecular weight excluding hydrogens is 302 g/mol. The summed E-state index contributed by atoms with van der Waals surface area (Å²) in [6, 6.07) is 11.5. The van der Waals surface area contributed by atoms with Crippen LogP contribution in [0.4, 0.5) is 5.69 Å². The zero-order chi connectivity index (χ0) is 17.5. The average molecular weight is 321 g/mol. The first-order chi connectivity index (χ1) is 11.6. The van der Waals surface area contributed by atoms with Crippen LogP contribution in [0.3, 0.4) is 0 Å². The summed E-state index contributed by atoms with van der Waals surface area (Å²) in [5.74, 6) is 0.754. The number of nitrogens with zero attached hydrogens (tertiary/aromatic N) is 3. The average Bonchev–Trinajstić information content (AvgIpc) is 2.57. The number of aliphatic hydroxyl groups is 1. The molecule has 0 bridgehead atoms. The number of nitriles is 2. The molecule has 1 N–H and O–H groups in total. The molecule has 0 atom stereocenters. The number of anilines is 1. The number of hydrogen-bond acceptors (Lipinski definition) is 5. The molecule has 1 aliphatic heterocycles. The second-order valence-electron chi connectivity index (χ2n) is 5.38. The second-order valence-corrected chi connectivity index (χ2v) is 5.38. The lowest BCUT2D eigenvalue weighted by molar-refractivity contribution is 0.233. The molecule has 0 amide bonds. The summed E-state index contributed by atoms with van der Waals surface area (Å²) < 4.78 is 5.53. The highest BCUT2D eigenvalue weighted by Crippen LogP contribution is 2.31. The van der Waals surface area contributed by atoms with Crippen molar-refractivity contribution < 1.29 is 9.84 Å². The van der Waals surface area contributed by atoms with E-state index >= 15 is 0 Å². The van der Waals surface area contributed by atoms with E-state index in [0.29, 0.717) is 18.6 Å². The van der Waals surface area contributed by atoms with Gasteiger partial charge in [0.25, 0.3) is 0 Å². The Morgan fingerprint density at radius 1 is 1.08 bits per heavy atom. The van der Waals surface area contributed by atoms with Crippen LogP contribution in [0.2, 0.25) is 0 Å². The van der Waals surface area contributed by atoms with Gasteiger partial charge in [-0.1, -0.05) is 0 Å². The minimum Gasteiger partial charge on any atom is -0.494 e. The smallest absolute Gasteiger partial charge is 0.137 e. The molecule has 0 saturated carbocycles. The fourth-order valence-corrected chi connectivity index (χ4v) is 2.55. The molecule has 0 spiro atoms. The van der Waals surface area contributed by atoms with Crippen LogP contribution in [0.5, 0.6) is 5.75 Å². The minimum atomic E-state index is 0.112. The van der Waals surface area contributed by atoms with Gasteiger partial charge in [0.1, 0.15) is 23.5 Å². The van der Waals surface area contributed by atoms with Crippen molar-refractivity contribution in [3.63, 3.8) is 0 Å². The van der Waals surface area contributed by atoms with Crippen molar-refractivity contribution in [3.8, 4) is 17.9 Å². The minimum absolute atomic E-state index is 0.112. The predicted molar refractivity (Wildman–Crippen MR) is 91.9 cm³/mol. The highest BCUT2D eigenvalue weighted by atomic mass is 16.5. The molecule has 1 aromatic carbocycles. The van der Waals surface area contributed by atoms with Crippen molar-refractivity contribution >= 4 is 5.69 Å². The summed E-state index contributed by atoms with van der Waals surface area (Å²) in [6.45, 7) is 4.48. The van der Waals surface area contributed by atoms with E-state index in [-0.39, 0.29) is 12.2 Å². The number of aliphatic hydroxyl groups excluding tert-OH is 1. The number of ether oxygens (including phenoxy) is 1. The van der Waals surface area contributed by atoms with Crippen LogP contribution in [0.25, 0.3) is 0 Å². The predicted octanol–water partition coefficient (Wildman–Crippen LogP) is 3.42. The van der Waals surface area contributed by atoms with Gasteiger partial charge in [-0.05, 0) is 50.3 Å². The van der Waals surface area contributed by atoms with Crippen molar-refractivity contribution in [1.82, 2.24) is 0 Å². The number of allylic oxidation sites excluding steroid dienone is 6. The summed E-state index contributed by atoms with van der Waals surface area (Å²) in [7, 11) is 0. The van der Waals surface area contributed by atoms with E-state index in [1.165, 1.54) is 0 Å². The Morgan fingerprint density at radius 2 is 1.67 bits per heavy atom. The van der Waals surface area contributed by atoms with Gasteiger partial charge in [-0.15, -0.1) is 0 Å². The molecule has 122 valence electrons. The molecule has 5 nitrogen and oxygen atoms in total. The monoisotopic (exact) mass is 321 g/mol. The number of rotatable bonds is 5. The molecule has 1 aromatic rings. The van der Waals surface area contributed by atoms with Crippen molar-refractivity contribution in [3.05, 3.63) is 59.0 Å². The maximum atomic E-state index is 9.02. The van der Waals surface area contributed by atoms with E-state index in [9.17, 15) is 0 Å². The van der Waals surface area contributed by atoms with Gasteiger partial charge >= 0.3 is 0 Å². The zero-order valence-corrected chi connectivity index (χ0v) is 13.8. The molecule has 0 aromatic heterocycles. The SMILES string of the molecule is CC1=CC(=C(C#N)C#N)C=C(C)N1c1ccc(OCCCO)cc1. The molecule has 1 aliphatic rings. The van der Waals surface area contributed by atoms with Crippen LogP contribution in [0, 0.1) is 22.7 Å². The fourth-order valence-electron chi connectivity index (χ4n) is 2.55. The van der Waals surface area contributed by atoms with Crippen LogP contribution in [-0.2, 0) is 0 Å². The third kappa shape index (κ3) is 3.84. The summed E-state index contributed by atoms with van der Waals surface area (Å²) in [6.07, 6.45) is 4.27. The highest BCUT2D eigenvalue weighted by Gasteiger charge is 2.17. The van der Waals surface area contributed by atoms with Gasteiger partial charge in [-0.2, -0.15) is 10.5 Å². The lowest BCUT2D eigenvalue weighted by Crippen LogP contribution is -2.21. The van der Waals surface area contributed by atoms with Crippen LogP contribution < -0.4 is 9.64 Å². The Kier molecular flexibility index (Phi) is 5.78. The molecular formula is C19H19N3O2. The van der Waals surface area contributed by atoms with E-state index in [0.717, 1.165) is 22.8 Å². The first kappa shape index (κ1) is 17.3. The van der Waals surface area contributed by atoms with Crippen molar-refractivity contribution in [1.29, 1.82) is 10.5 Å². The maximum absolute atomic E-state index is 9.02. The van der Waals surface area contributed by atoms with E-state index in [2.05, 4.69) is 0 Å². The van der Waals surface area contributed by atoms with Gasteiger partial charge in [-0.3, -0.25) is 0 Å². The Balaban J connectivity index is 2.23. The third-order valence-electron chi connectivity index (χ3n) is 3.61. The normalized spacial score (nSPS) is 13.5. The Bertz CT molecular complexity index is 736. The topological polar surface area (TPSA) is 80.3 Å². The summed E-state index contributed by atoms with van der Waals surface area (Å²) in [5.41, 5.74) is 3.58. The van der Waals surface area contributed by atoms with Crippen LogP contribution in [-0.4, -0.2) is 18.3 Å². The lowest BCUT2D eigenvalue weighted by atomic mass is 10.0. The lowest BCUT2D eigenvalue weighted by Gasteiger charge is -2.29. The van der Waals surface area contributed by atoms with Gasteiger partial charge in [-0.25, -0.2) is 0 Å². The van der Waals surface area contributed by atoms with Crippen LogP contribution in [0.1, 0.15) is 20.3 Å². The first-order valence-electron chi connectivity index (χ1n) is 7.65. The Labute approximate surface area is 142 Å². The molecule has 0 fully saturated rings. The third-order valence-corrected chi connectivity index (χ3v) is 3.61. The Morgan fingerprint density at radius 3 is 2.17 bits per heavy atom. The summed E-state index contributed by atoms with van der Waals surface area (Å²) >= 11 is 0. The van der Waals surface area contributed by atoms with Crippen LogP contribution >= 0.6 is 0 Å². The molecule has 5 heteroatoms. The molecule has 24 heavy (non-hydrogen) atoms. The fraction of sp³-hybridized carbons (Fsp3) is 0.263. The van der Waals surface area contributed by atoms with Crippen LogP contribution in [0.15, 0.2) is 59.0 Å². The van der Waals surface area contributed by atoms with Gasteiger partial charge in [0.15, 0.2) is 0 Å². The van der Waals surface area contributed by atoms with Gasteiger partial charge in [0.2, 0.25) is 0 Å². The first-order valence-corrected chi connectivity index (χ1v) is 7.65. The second kappa shape index (κ2) is 8.01. The van der Waals surface area contributed by atoms with E-state index in [1.807, 2.05) is 67.3 Å². The summed E-state index contributed by atoms with van der Waals surface area (Å²) in [4.78, 5) is 2.05. The summed E-state index contributed by atoms with van der Waals surface area (Å²) in [5, 5.41) is 26.8. The molecule has 0 unspecified atom stereocenters. The number of hydrogen-bond donors (Lipinski definition) is 1. The zero-order valence-electron chi connectivity index (χ0n) is 13.8. The quantitative estimate of drug-likeness (QED) is 0.664. The van der Waals surface area contributed by atoms with Crippen molar-refractivity contribution in [2.75, 3.05) is 18.1 Å². The van der Waals surface area contributed by atoms with Gasteiger partial charge in [0.05, 0.1) is 6.61 Å². The largest absolute Gasteiger partial charge is 0.494 e. The van der Waals surface area contributed by atoms with Gasteiger partial charge < -0.3 is 14.7 Å². The van der Waals surface area contributed by atoms with E-state index < -0.39 is 0 Å². The standard InChI is InChI=1S/C19H19N3O2/c1-14-10-16(17(12-20)13-21)11-15(2)22(14)18-4-6-19(7-5-18)24-9-3-8-23/h4-7,10-11,23H,3,8-9H2,1-2H3. The van der Waals surface area contributed by atoms with Crippen molar-refractivity contribution in [2.45, 2.75) is 20.3 Å². The van der Waals surface area contributed by atoms with E-state index in [4.69, 9.17) is 20.4 Å². The van der Waals surface area contributed by atoms with E-state index in [1.54, 1.807) is 0 Å². The highest BCUT2D eigenvalue weighted by molar-refractivity contribution is 5.65. The van der Waals surface area contributed by atoms with Gasteiger partial charge in [0, 0.05) is 35.7 Å². The molecule has 0 radical (unpaired) electrons. The van der Waals surface area contributed by atoms with Crippen molar-refractivity contribution in [2.24, 2.45) is 0 Å². The number of benzene rings is 1. The maximum Gasteiger partial charge on any atom is 0.137 e. The Hall–Kier alpha value is -3.02.